The summed E-state index contributed by atoms with van der Waals surface area (Å²) in [4.78, 5) is 4.17. The molecule has 1 unspecified atom stereocenters. The van der Waals surface area contributed by atoms with E-state index < -0.39 is 0 Å². The fourth-order valence-electron chi connectivity index (χ4n) is 2.38. The Bertz CT molecular complexity index is 720. The first-order valence-corrected chi connectivity index (χ1v) is 8.44. The molecule has 1 aliphatic rings. The maximum atomic E-state index is 14.2. The molecule has 1 fully saturated rings. The van der Waals surface area contributed by atoms with Crippen LogP contribution in [0.25, 0.3) is 0 Å². The highest BCUT2D eigenvalue weighted by molar-refractivity contribution is 14.0. The molecule has 0 saturated heterocycles. The van der Waals surface area contributed by atoms with Gasteiger partial charge in [-0.1, -0.05) is 11.2 Å². The van der Waals surface area contributed by atoms with Crippen LogP contribution < -0.4 is 15.4 Å². The Morgan fingerprint density at radius 1 is 1.42 bits per heavy atom. The Hall–Kier alpha value is -1.84. The summed E-state index contributed by atoms with van der Waals surface area (Å²) in [5, 5.41) is 10.2. The van der Waals surface area contributed by atoms with Crippen molar-refractivity contribution in [1.82, 2.24) is 15.8 Å². The molecular formula is C18H24FIN4O2. The van der Waals surface area contributed by atoms with Crippen LogP contribution in [0.3, 0.4) is 0 Å². The minimum absolute atomic E-state index is 0. The summed E-state index contributed by atoms with van der Waals surface area (Å²) in [6, 6.07) is 6.73. The van der Waals surface area contributed by atoms with E-state index in [9.17, 15) is 4.39 Å². The zero-order chi connectivity index (χ0) is 17.6. The molecule has 2 N–H and O–H groups in total. The third kappa shape index (κ3) is 5.86. The van der Waals surface area contributed by atoms with Gasteiger partial charge in [0.15, 0.2) is 17.5 Å². The molecule has 26 heavy (non-hydrogen) atoms. The van der Waals surface area contributed by atoms with Gasteiger partial charge in [-0.3, -0.25) is 4.99 Å². The zero-order valence-electron chi connectivity index (χ0n) is 14.9. The summed E-state index contributed by atoms with van der Waals surface area (Å²) < 4.78 is 24.5. The van der Waals surface area contributed by atoms with Crippen LogP contribution in [-0.2, 0) is 6.54 Å². The first kappa shape index (κ1) is 20.5. The SMILES string of the molecule is CN=C(NCc1ccon1)NC(C)c1ccc(OCC2CC2)c(F)c1.I. The summed E-state index contributed by atoms with van der Waals surface area (Å²) in [6.07, 6.45) is 3.88. The molecule has 1 aromatic heterocycles. The topological polar surface area (TPSA) is 71.7 Å². The van der Waals surface area contributed by atoms with E-state index in [1.54, 1.807) is 19.2 Å². The van der Waals surface area contributed by atoms with E-state index in [-0.39, 0.29) is 35.8 Å². The minimum Gasteiger partial charge on any atom is -0.490 e. The summed E-state index contributed by atoms with van der Waals surface area (Å²) in [7, 11) is 1.68. The van der Waals surface area contributed by atoms with Gasteiger partial charge in [0, 0.05) is 13.1 Å². The van der Waals surface area contributed by atoms with Crippen LogP contribution in [0.4, 0.5) is 4.39 Å². The standard InChI is InChI=1S/C18H23FN4O2.HI/c1-12(22-18(20-2)21-10-15-7-8-25-23-15)14-5-6-17(16(19)9-14)24-11-13-3-4-13;/h5-9,12-13H,3-4,10-11H2,1-2H3,(H2,20,21,22);1H. The van der Waals surface area contributed by atoms with Gasteiger partial charge in [0.25, 0.3) is 0 Å². The molecule has 0 spiro atoms. The number of hydrogen-bond acceptors (Lipinski definition) is 4. The number of nitrogens with one attached hydrogen (secondary N) is 2. The second-order valence-corrected chi connectivity index (χ2v) is 6.23. The number of aromatic nitrogens is 1. The second kappa shape index (κ2) is 9.75. The van der Waals surface area contributed by atoms with Gasteiger partial charge in [-0.15, -0.1) is 24.0 Å². The lowest BCUT2D eigenvalue weighted by Gasteiger charge is -2.18. The minimum atomic E-state index is -0.336. The maximum Gasteiger partial charge on any atom is 0.191 e. The lowest BCUT2D eigenvalue weighted by atomic mass is 10.1. The summed E-state index contributed by atoms with van der Waals surface area (Å²) in [5.74, 6) is 1.18. The van der Waals surface area contributed by atoms with Crippen LogP contribution in [0.1, 0.15) is 37.1 Å². The van der Waals surface area contributed by atoms with Crippen molar-refractivity contribution in [3.8, 4) is 5.75 Å². The van der Waals surface area contributed by atoms with Gasteiger partial charge in [-0.2, -0.15) is 0 Å². The molecule has 0 radical (unpaired) electrons. The fourth-order valence-corrected chi connectivity index (χ4v) is 2.38. The van der Waals surface area contributed by atoms with Gasteiger partial charge < -0.3 is 19.9 Å². The number of nitrogens with zero attached hydrogens (tertiary/aromatic N) is 2. The number of aliphatic imine (C=N–C) groups is 1. The van der Waals surface area contributed by atoms with Crippen molar-refractivity contribution in [3.05, 3.63) is 47.6 Å². The maximum absolute atomic E-state index is 14.2. The third-order valence-corrected chi connectivity index (χ3v) is 4.13. The molecule has 1 heterocycles. The van der Waals surface area contributed by atoms with E-state index in [0.29, 0.717) is 30.8 Å². The van der Waals surface area contributed by atoms with Crippen LogP contribution in [0, 0.1) is 11.7 Å². The van der Waals surface area contributed by atoms with Gasteiger partial charge in [0.1, 0.15) is 12.0 Å². The van der Waals surface area contributed by atoms with Gasteiger partial charge in [0.05, 0.1) is 19.2 Å². The van der Waals surface area contributed by atoms with E-state index in [4.69, 9.17) is 9.26 Å². The lowest BCUT2D eigenvalue weighted by Crippen LogP contribution is -2.38. The Balaban J connectivity index is 0.00000243. The van der Waals surface area contributed by atoms with Crippen molar-refractivity contribution in [1.29, 1.82) is 0 Å². The van der Waals surface area contributed by atoms with E-state index >= 15 is 0 Å². The molecule has 1 aliphatic carbocycles. The number of ether oxygens (including phenoxy) is 1. The van der Waals surface area contributed by atoms with Crippen LogP contribution >= 0.6 is 24.0 Å². The molecule has 142 valence electrons. The van der Waals surface area contributed by atoms with Crippen LogP contribution in [0.15, 0.2) is 40.0 Å². The van der Waals surface area contributed by atoms with E-state index in [1.807, 2.05) is 13.0 Å². The van der Waals surface area contributed by atoms with Crippen LogP contribution in [0.5, 0.6) is 5.75 Å². The van der Waals surface area contributed by atoms with Crippen LogP contribution in [-0.4, -0.2) is 24.8 Å². The quantitative estimate of drug-likeness (QED) is 0.364. The molecule has 0 aliphatic heterocycles. The van der Waals surface area contributed by atoms with Crippen molar-refractivity contribution in [2.24, 2.45) is 10.9 Å². The molecule has 1 saturated carbocycles. The Labute approximate surface area is 169 Å². The van der Waals surface area contributed by atoms with Gasteiger partial charge in [-0.05, 0) is 43.4 Å². The number of halogens is 2. The Morgan fingerprint density at radius 2 is 2.23 bits per heavy atom. The predicted octanol–water partition coefficient (Wildman–Crippen LogP) is 3.65. The van der Waals surface area contributed by atoms with Crippen LogP contribution in [0.2, 0.25) is 0 Å². The van der Waals surface area contributed by atoms with E-state index in [1.165, 1.54) is 25.2 Å². The molecule has 0 amide bonds. The third-order valence-electron chi connectivity index (χ3n) is 4.13. The highest BCUT2D eigenvalue weighted by Crippen LogP contribution is 2.30. The fraction of sp³-hybridized carbons (Fsp3) is 0.444. The molecular weight excluding hydrogens is 450 g/mol. The first-order chi connectivity index (χ1) is 12.2. The predicted molar refractivity (Wildman–Crippen MR) is 108 cm³/mol. The number of hydrogen-bond donors (Lipinski definition) is 2. The highest BCUT2D eigenvalue weighted by Gasteiger charge is 2.22. The lowest BCUT2D eigenvalue weighted by molar-refractivity contribution is 0.285. The molecule has 8 heteroatoms. The molecule has 3 rings (SSSR count). The molecule has 2 aromatic rings. The first-order valence-electron chi connectivity index (χ1n) is 8.44. The molecule has 6 nitrogen and oxygen atoms in total. The van der Waals surface area contributed by atoms with Gasteiger partial charge in [-0.25, -0.2) is 4.39 Å². The van der Waals surface area contributed by atoms with Crippen molar-refractivity contribution in [3.63, 3.8) is 0 Å². The molecule has 1 atom stereocenters. The van der Waals surface area contributed by atoms with Crippen molar-refractivity contribution in [2.45, 2.75) is 32.4 Å². The van der Waals surface area contributed by atoms with Gasteiger partial charge >= 0.3 is 0 Å². The Morgan fingerprint density at radius 3 is 2.85 bits per heavy atom. The number of rotatable bonds is 7. The molecule has 1 aromatic carbocycles. The highest BCUT2D eigenvalue weighted by atomic mass is 127. The van der Waals surface area contributed by atoms with E-state index in [2.05, 4.69) is 20.8 Å². The zero-order valence-corrected chi connectivity index (χ0v) is 17.2. The average molecular weight is 474 g/mol. The summed E-state index contributed by atoms with van der Waals surface area (Å²) in [5.41, 5.74) is 1.60. The second-order valence-electron chi connectivity index (χ2n) is 6.23. The summed E-state index contributed by atoms with van der Waals surface area (Å²) >= 11 is 0. The number of guanidine groups is 1. The number of benzene rings is 1. The van der Waals surface area contributed by atoms with Crippen molar-refractivity contribution >= 4 is 29.9 Å². The molecule has 0 bridgehead atoms. The van der Waals surface area contributed by atoms with Crippen molar-refractivity contribution in [2.75, 3.05) is 13.7 Å². The smallest absolute Gasteiger partial charge is 0.191 e. The Kier molecular flexibility index (Phi) is 7.67. The largest absolute Gasteiger partial charge is 0.490 e. The van der Waals surface area contributed by atoms with Crippen molar-refractivity contribution < 1.29 is 13.7 Å². The summed E-state index contributed by atoms with van der Waals surface area (Å²) in [6.45, 7) is 3.04. The monoisotopic (exact) mass is 474 g/mol. The normalized spacial score (nSPS) is 15.1. The van der Waals surface area contributed by atoms with E-state index in [0.717, 1.165) is 11.3 Å². The van der Waals surface area contributed by atoms with Gasteiger partial charge in [0.2, 0.25) is 0 Å². The average Bonchev–Trinajstić information content (AvgIpc) is 3.30.